The predicted molar refractivity (Wildman–Crippen MR) is 133 cm³/mol. The molecule has 0 saturated carbocycles. The van der Waals surface area contributed by atoms with E-state index in [-0.39, 0.29) is 15.6 Å². The molecule has 0 saturated heterocycles. The van der Waals surface area contributed by atoms with E-state index in [0.717, 1.165) is 6.42 Å². The zero-order chi connectivity index (χ0) is 20.7. The lowest BCUT2D eigenvalue weighted by atomic mass is 9.81. The van der Waals surface area contributed by atoms with Gasteiger partial charge in [-0.05, 0) is 45.9 Å². The van der Waals surface area contributed by atoms with Gasteiger partial charge in [0.05, 0.1) is 4.75 Å². The summed E-state index contributed by atoms with van der Waals surface area (Å²) in [5, 5.41) is 4.79. The van der Waals surface area contributed by atoms with Crippen LogP contribution in [0.2, 0.25) is 0 Å². The second-order valence-corrected chi connectivity index (χ2v) is 9.81. The van der Waals surface area contributed by atoms with Crippen LogP contribution in [0.25, 0.3) is 0 Å². The molecule has 1 heteroatoms. The van der Waals surface area contributed by atoms with Crippen molar-refractivity contribution < 1.29 is 0 Å². The highest BCUT2D eigenvalue weighted by molar-refractivity contribution is 8.23. The van der Waals surface area contributed by atoms with Gasteiger partial charge in [-0.15, -0.1) is 10.9 Å². The lowest BCUT2D eigenvalue weighted by molar-refractivity contribution is 0.662. The number of hydrogen-bond acceptors (Lipinski definition) is 0. The number of benzene rings is 3. The fourth-order valence-electron chi connectivity index (χ4n) is 4.56. The Balaban J connectivity index is 1.93. The molecule has 0 unspecified atom stereocenters. The van der Waals surface area contributed by atoms with Crippen molar-refractivity contribution >= 4 is 10.9 Å². The van der Waals surface area contributed by atoms with Crippen molar-refractivity contribution in [2.24, 2.45) is 0 Å². The summed E-state index contributed by atoms with van der Waals surface area (Å²) in [6.07, 6.45) is 10.7. The van der Waals surface area contributed by atoms with Gasteiger partial charge in [-0.2, -0.15) is 0 Å². The Morgan fingerprint density at radius 3 is 1.80 bits per heavy atom. The Kier molecular flexibility index (Phi) is 6.92. The first-order chi connectivity index (χ1) is 14.9. The molecule has 153 valence electrons. The van der Waals surface area contributed by atoms with Gasteiger partial charge in [0, 0.05) is 0 Å². The van der Waals surface area contributed by atoms with Gasteiger partial charge < -0.3 is 0 Å². The summed E-state index contributed by atoms with van der Waals surface area (Å²) in [6.45, 7) is 2.28. The van der Waals surface area contributed by atoms with Crippen molar-refractivity contribution in [2.75, 3.05) is 0 Å². The van der Waals surface area contributed by atoms with Crippen LogP contribution in [0.4, 0.5) is 0 Å². The number of rotatable bonds is 9. The topological polar surface area (TPSA) is 0 Å². The van der Waals surface area contributed by atoms with Crippen LogP contribution in [0.1, 0.15) is 54.9 Å². The molecule has 1 heterocycles. The Labute approximate surface area is 184 Å². The van der Waals surface area contributed by atoms with Crippen molar-refractivity contribution in [1.82, 2.24) is 0 Å². The van der Waals surface area contributed by atoms with Crippen molar-refractivity contribution in [1.29, 1.82) is 0 Å². The van der Waals surface area contributed by atoms with Gasteiger partial charge in [0.2, 0.25) is 0 Å². The standard InChI is InChI=1S/C29H31S/c1-2-3-4-7-16-25-17-12-13-22-28(25)29(30-23-14-15-24-30,26-18-8-5-9-19-26)27-20-10-6-11-21-27/h5-6,8-15,17-24H,2-4,7,16H2,1H3. The third kappa shape index (κ3) is 4.04. The van der Waals surface area contributed by atoms with Gasteiger partial charge in [0.15, 0.2) is 0 Å². The first-order valence-corrected chi connectivity index (χ1v) is 12.5. The van der Waals surface area contributed by atoms with Crippen molar-refractivity contribution in [3.8, 4) is 0 Å². The van der Waals surface area contributed by atoms with Crippen molar-refractivity contribution in [3.63, 3.8) is 0 Å². The van der Waals surface area contributed by atoms with Crippen LogP contribution >= 0.6 is 10.9 Å². The van der Waals surface area contributed by atoms with E-state index in [9.17, 15) is 0 Å². The molecular formula is C29H31S. The average molecular weight is 412 g/mol. The molecule has 1 aliphatic rings. The molecular weight excluding hydrogens is 380 g/mol. The number of unbranched alkanes of at least 4 members (excludes halogenated alkanes) is 3. The van der Waals surface area contributed by atoms with E-state index in [1.807, 2.05) is 0 Å². The maximum absolute atomic E-state index is 2.40. The van der Waals surface area contributed by atoms with E-state index in [1.165, 1.54) is 47.9 Å². The van der Waals surface area contributed by atoms with E-state index in [1.54, 1.807) is 0 Å². The third-order valence-corrected chi connectivity index (χ3v) is 8.27. The zero-order valence-corrected chi connectivity index (χ0v) is 18.7. The second-order valence-electron chi connectivity index (χ2n) is 7.91. The molecule has 0 spiro atoms. The SMILES string of the molecule is CCCCCCc1ccccc1C(c1ccccc1)(c1ccccc1)[S]1C=CC=C1. The van der Waals surface area contributed by atoms with Crippen LogP contribution in [-0.4, -0.2) is 0 Å². The molecule has 3 aromatic carbocycles. The molecule has 0 nitrogen and oxygen atoms in total. The van der Waals surface area contributed by atoms with Crippen molar-refractivity contribution in [2.45, 2.75) is 43.8 Å². The first kappa shape index (κ1) is 20.8. The zero-order valence-electron chi connectivity index (χ0n) is 17.8. The number of allylic oxidation sites excluding steroid dienone is 2. The van der Waals surface area contributed by atoms with Crippen LogP contribution in [0.3, 0.4) is 0 Å². The van der Waals surface area contributed by atoms with E-state index in [2.05, 4.69) is 115 Å². The first-order valence-electron chi connectivity index (χ1n) is 11.1. The summed E-state index contributed by atoms with van der Waals surface area (Å²) in [5.74, 6) is 0. The summed E-state index contributed by atoms with van der Waals surface area (Å²) in [5.41, 5.74) is 5.69. The highest BCUT2D eigenvalue weighted by atomic mass is 32.2. The predicted octanol–water partition coefficient (Wildman–Crippen LogP) is 8.41. The van der Waals surface area contributed by atoms with Gasteiger partial charge in [0.25, 0.3) is 0 Å². The molecule has 0 N–H and O–H groups in total. The Morgan fingerprint density at radius 1 is 0.633 bits per heavy atom. The average Bonchev–Trinajstić information content (AvgIpc) is 3.35. The van der Waals surface area contributed by atoms with Crippen LogP contribution in [0.15, 0.2) is 108 Å². The second kappa shape index (κ2) is 10.00. The fourth-order valence-corrected chi connectivity index (χ4v) is 6.84. The van der Waals surface area contributed by atoms with Gasteiger partial charge in [-0.25, -0.2) is 0 Å². The molecule has 1 aliphatic heterocycles. The molecule has 0 amide bonds. The lowest BCUT2D eigenvalue weighted by Crippen LogP contribution is -2.29. The van der Waals surface area contributed by atoms with Gasteiger partial charge in [-0.3, -0.25) is 0 Å². The minimum atomic E-state index is -0.201. The smallest absolute Gasteiger partial charge is 0.0898 e. The molecule has 0 aliphatic carbocycles. The molecule has 3 aromatic rings. The Hall–Kier alpha value is -2.51. The minimum Gasteiger partial charge on any atom is -0.142 e. The largest absolute Gasteiger partial charge is 0.142 e. The maximum Gasteiger partial charge on any atom is 0.0898 e. The number of aryl methyl sites for hydroxylation is 1. The van der Waals surface area contributed by atoms with E-state index < -0.39 is 0 Å². The summed E-state index contributed by atoms with van der Waals surface area (Å²) in [7, 11) is -0.0570. The molecule has 1 radical (unpaired) electrons. The van der Waals surface area contributed by atoms with Crippen molar-refractivity contribution in [3.05, 3.63) is 130 Å². The molecule has 0 bridgehead atoms. The minimum absolute atomic E-state index is 0.0570. The van der Waals surface area contributed by atoms with E-state index in [0.29, 0.717) is 0 Å². The molecule has 0 atom stereocenters. The molecule has 0 aromatic heterocycles. The van der Waals surface area contributed by atoms with E-state index in [4.69, 9.17) is 0 Å². The Morgan fingerprint density at radius 2 is 1.20 bits per heavy atom. The third-order valence-electron chi connectivity index (χ3n) is 5.97. The highest BCUT2D eigenvalue weighted by Gasteiger charge is 2.42. The van der Waals surface area contributed by atoms with Crippen LogP contribution in [0, 0.1) is 0 Å². The summed E-state index contributed by atoms with van der Waals surface area (Å²) in [4.78, 5) is 0. The normalized spacial score (nSPS) is 13.8. The van der Waals surface area contributed by atoms with E-state index >= 15 is 0 Å². The van der Waals surface area contributed by atoms with Gasteiger partial charge in [-0.1, -0.05) is 123 Å². The fraction of sp³-hybridized carbons (Fsp3) is 0.241. The summed E-state index contributed by atoms with van der Waals surface area (Å²) >= 11 is 0. The highest BCUT2D eigenvalue weighted by Crippen LogP contribution is 2.60. The Bertz CT molecular complexity index is 934. The summed E-state index contributed by atoms with van der Waals surface area (Å²) < 4.78 is -0.201. The number of hydrogen-bond donors (Lipinski definition) is 0. The van der Waals surface area contributed by atoms with Gasteiger partial charge in [0.1, 0.15) is 0 Å². The molecule has 30 heavy (non-hydrogen) atoms. The lowest BCUT2D eigenvalue weighted by Gasteiger charge is -2.42. The summed E-state index contributed by atoms with van der Waals surface area (Å²) in [6, 6.07) is 31.4. The maximum atomic E-state index is 2.40. The van der Waals surface area contributed by atoms with Crippen LogP contribution in [-0.2, 0) is 11.2 Å². The molecule has 4 rings (SSSR count). The quantitative estimate of drug-likeness (QED) is 0.245. The van der Waals surface area contributed by atoms with Crippen LogP contribution in [0.5, 0.6) is 0 Å². The molecule has 0 fully saturated rings. The van der Waals surface area contributed by atoms with Gasteiger partial charge >= 0.3 is 0 Å². The van der Waals surface area contributed by atoms with Crippen LogP contribution < -0.4 is 0 Å². The monoisotopic (exact) mass is 411 g/mol.